The van der Waals surface area contributed by atoms with Gasteiger partial charge >= 0.3 is 5.97 Å². The number of aryl methyl sites for hydroxylation is 1. The predicted molar refractivity (Wildman–Crippen MR) is 67.0 cm³/mol. The van der Waals surface area contributed by atoms with Crippen LogP contribution in [-0.4, -0.2) is 28.5 Å². The Morgan fingerprint density at radius 3 is 2.78 bits per heavy atom. The van der Waals surface area contributed by atoms with Crippen molar-refractivity contribution in [3.63, 3.8) is 0 Å². The van der Waals surface area contributed by atoms with Gasteiger partial charge in [-0.25, -0.2) is 0 Å². The van der Waals surface area contributed by atoms with Crippen LogP contribution in [0.15, 0.2) is 24.4 Å². The Morgan fingerprint density at radius 2 is 2.22 bits per heavy atom. The van der Waals surface area contributed by atoms with Gasteiger partial charge < -0.3 is 10.4 Å². The maximum Gasteiger partial charge on any atom is 0.308 e. The van der Waals surface area contributed by atoms with Gasteiger partial charge in [0.1, 0.15) is 0 Å². The van der Waals surface area contributed by atoms with Crippen LogP contribution in [0.5, 0.6) is 0 Å². The molecular formula is C13H18N2O3. The van der Waals surface area contributed by atoms with Crippen LogP contribution in [-0.2, 0) is 16.0 Å². The molecule has 0 spiro atoms. The first-order valence-corrected chi connectivity index (χ1v) is 6.03. The largest absolute Gasteiger partial charge is 0.481 e. The summed E-state index contributed by atoms with van der Waals surface area (Å²) < 4.78 is 0. The molecule has 2 N–H and O–H groups in total. The van der Waals surface area contributed by atoms with Crippen LogP contribution in [0.4, 0.5) is 0 Å². The number of carbonyl (C=O) groups excluding carboxylic acids is 1. The van der Waals surface area contributed by atoms with Gasteiger partial charge in [0.15, 0.2) is 0 Å². The molecule has 0 aromatic carbocycles. The second kappa shape index (κ2) is 7.42. The molecule has 0 radical (unpaired) electrons. The Kier molecular flexibility index (Phi) is 5.84. The highest BCUT2D eigenvalue weighted by Gasteiger charge is 2.15. The minimum absolute atomic E-state index is 0.139. The Balaban J connectivity index is 2.28. The van der Waals surface area contributed by atoms with E-state index in [2.05, 4.69) is 10.3 Å². The summed E-state index contributed by atoms with van der Waals surface area (Å²) in [4.78, 5) is 26.4. The van der Waals surface area contributed by atoms with Gasteiger partial charge in [0.25, 0.3) is 0 Å². The summed E-state index contributed by atoms with van der Waals surface area (Å²) in [5.74, 6) is -1.52. The first-order valence-electron chi connectivity index (χ1n) is 6.03. The van der Waals surface area contributed by atoms with Gasteiger partial charge in [-0.1, -0.05) is 13.0 Å². The van der Waals surface area contributed by atoms with Crippen molar-refractivity contribution in [2.45, 2.75) is 26.2 Å². The van der Waals surface area contributed by atoms with E-state index in [-0.39, 0.29) is 12.5 Å². The molecule has 1 heterocycles. The lowest BCUT2D eigenvalue weighted by atomic mass is 10.1. The summed E-state index contributed by atoms with van der Waals surface area (Å²) >= 11 is 0. The van der Waals surface area contributed by atoms with Gasteiger partial charge in [-0.15, -0.1) is 0 Å². The Hall–Kier alpha value is -1.91. The van der Waals surface area contributed by atoms with Crippen molar-refractivity contribution in [1.29, 1.82) is 0 Å². The molecule has 0 aliphatic rings. The number of carbonyl (C=O) groups is 2. The van der Waals surface area contributed by atoms with E-state index in [4.69, 9.17) is 5.11 Å². The lowest BCUT2D eigenvalue weighted by Crippen LogP contribution is -2.32. The molecule has 98 valence electrons. The highest BCUT2D eigenvalue weighted by atomic mass is 16.4. The summed E-state index contributed by atoms with van der Waals surface area (Å²) in [5, 5.41) is 11.5. The highest BCUT2D eigenvalue weighted by Crippen LogP contribution is 2.02. The zero-order chi connectivity index (χ0) is 13.4. The molecule has 0 bridgehead atoms. The molecule has 0 saturated carbocycles. The summed E-state index contributed by atoms with van der Waals surface area (Å²) in [5.41, 5.74) is 0.859. The summed E-state index contributed by atoms with van der Waals surface area (Å²) in [6, 6.07) is 5.55. The summed E-state index contributed by atoms with van der Waals surface area (Å²) in [7, 11) is 0. The van der Waals surface area contributed by atoms with Crippen molar-refractivity contribution in [3.05, 3.63) is 30.1 Å². The molecule has 0 aliphatic heterocycles. The second-order valence-corrected chi connectivity index (χ2v) is 4.07. The number of carboxylic acids is 1. The fourth-order valence-electron chi connectivity index (χ4n) is 1.52. The number of amides is 1. The summed E-state index contributed by atoms with van der Waals surface area (Å²) in [6.45, 7) is 1.98. The first kappa shape index (κ1) is 14.2. The molecule has 5 nitrogen and oxygen atoms in total. The van der Waals surface area contributed by atoms with E-state index in [1.165, 1.54) is 0 Å². The standard InChI is InChI=1S/C13H18N2O3/c1-2-10(13(17)18)9-15-12(16)7-6-11-5-3-4-8-14-11/h3-5,8,10H,2,6-7,9H2,1H3,(H,15,16)(H,17,18). The van der Waals surface area contributed by atoms with Crippen molar-refractivity contribution in [3.8, 4) is 0 Å². The van der Waals surface area contributed by atoms with E-state index in [9.17, 15) is 9.59 Å². The number of aliphatic carboxylic acids is 1. The zero-order valence-corrected chi connectivity index (χ0v) is 10.4. The third kappa shape index (κ3) is 4.95. The fraction of sp³-hybridized carbons (Fsp3) is 0.462. The number of nitrogens with zero attached hydrogens (tertiary/aromatic N) is 1. The van der Waals surface area contributed by atoms with Crippen LogP contribution in [0.2, 0.25) is 0 Å². The fourth-order valence-corrected chi connectivity index (χ4v) is 1.52. The highest BCUT2D eigenvalue weighted by molar-refractivity contribution is 5.77. The smallest absolute Gasteiger partial charge is 0.308 e. The molecule has 1 aromatic rings. The molecule has 0 fully saturated rings. The number of hydrogen-bond donors (Lipinski definition) is 2. The number of hydrogen-bond acceptors (Lipinski definition) is 3. The van der Waals surface area contributed by atoms with Crippen LogP contribution in [0.1, 0.15) is 25.5 Å². The van der Waals surface area contributed by atoms with Gasteiger partial charge in [-0.05, 0) is 25.0 Å². The third-order valence-electron chi connectivity index (χ3n) is 2.72. The van der Waals surface area contributed by atoms with Gasteiger partial charge in [-0.3, -0.25) is 14.6 Å². The van der Waals surface area contributed by atoms with E-state index in [1.807, 2.05) is 18.2 Å². The quantitative estimate of drug-likeness (QED) is 0.763. The SMILES string of the molecule is CCC(CNC(=O)CCc1ccccn1)C(=O)O. The summed E-state index contributed by atoms with van der Waals surface area (Å²) in [6.07, 6.45) is 3.09. The van der Waals surface area contributed by atoms with E-state index in [1.54, 1.807) is 13.1 Å². The molecule has 1 unspecified atom stereocenters. The second-order valence-electron chi connectivity index (χ2n) is 4.07. The van der Waals surface area contributed by atoms with Gasteiger partial charge in [0.05, 0.1) is 5.92 Å². The van der Waals surface area contributed by atoms with Crippen molar-refractivity contribution >= 4 is 11.9 Å². The number of rotatable bonds is 7. The molecule has 1 amide bonds. The topological polar surface area (TPSA) is 79.3 Å². The van der Waals surface area contributed by atoms with Crippen molar-refractivity contribution in [1.82, 2.24) is 10.3 Å². The number of carboxylic acid groups (broad SMARTS) is 1. The maximum atomic E-state index is 11.5. The van der Waals surface area contributed by atoms with Crippen LogP contribution in [0, 0.1) is 5.92 Å². The minimum atomic E-state index is -0.873. The Bertz CT molecular complexity index is 392. The lowest BCUT2D eigenvalue weighted by molar-refractivity contribution is -0.141. The molecule has 5 heteroatoms. The van der Waals surface area contributed by atoms with Crippen molar-refractivity contribution in [2.24, 2.45) is 5.92 Å². The van der Waals surface area contributed by atoms with Gasteiger partial charge in [-0.2, -0.15) is 0 Å². The zero-order valence-electron chi connectivity index (χ0n) is 10.4. The van der Waals surface area contributed by atoms with Crippen LogP contribution in [0.25, 0.3) is 0 Å². The molecule has 0 saturated heterocycles. The average molecular weight is 250 g/mol. The normalized spacial score (nSPS) is 11.8. The Labute approximate surface area is 106 Å². The number of nitrogens with one attached hydrogen (secondary N) is 1. The Morgan fingerprint density at radius 1 is 1.44 bits per heavy atom. The minimum Gasteiger partial charge on any atom is -0.481 e. The van der Waals surface area contributed by atoms with Gasteiger partial charge in [0, 0.05) is 24.9 Å². The van der Waals surface area contributed by atoms with E-state index in [0.717, 1.165) is 5.69 Å². The first-order chi connectivity index (χ1) is 8.63. The molecule has 1 rings (SSSR count). The predicted octanol–water partition coefficient (Wildman–Crippen LogP) is 1.24. The molecule has 18 heavy (non-hydrogen) atoms. The average Bonchev–Trinajstić information content (AvgIpc) is 2.38. The van der Waals surface area contributed by atoms with E-state index >= 15 is 0 Å². The number of aromatic nitrogens is 1. The molecule has 1 aromatic heterocycles. The van der Waals surface area contributed by atoms with Crippen LogP contribution < -0.4 is 5.32 Å². The lowest BCUT2D eigenvalue weighted by Gasteiger charge is -2.10. The maximum absolute atomic E-state index is 11.5. The molecule has 1 atom stereocenters. The molecular weight excluding hydrogens is 232 g/mol. The number of pyridine rings is 1. The van der Waals surface area contributed by atoms with Crippen molar-refractivity contribution in [2.75, 3.05) is 6.54 Å². The van der Waals surface area contributed by atoms with Crippen LogP contribution in [0.3, 0.4) is 0 Å². The van der Waals surface area contributed by atoms with Crippen LogP contribution >= 0.6 is 0 Å². The van der Waals surface area contributed by atoms with Crippen molar-refractivity contribution < 1.29 is 14.7 Å². The van der Waals surface area contributed by atoms with E-state index in [0.29, 0.717) is 19.3 Å². The molecule has 0 aliphatic carbocycles. The van der Waals surface area contributed by atoms with E-state index < -0.39 is 11.9 Å². The van der Waals surface area contributed by atoms with Gasteiger partial charge in [0.2, 0.25) is 5.91 Å². The third-order valence-corrected chi connectivity index (χ3v) is 2.72. The monoisotopic (exact) mass is 250 g/mol.